The second-order valence-electron chi connectivity index (χ2n) is 0.989. The third-order valence-corrected chi connectivity index (χ3v) is 0.798. The zero-order valence-electron chi connectivity index (χ0n) is 3.48. The minimum absolute atomic E-state index is 0.590. The molecule has 0 saturated carbocycles. The van der Waals surface area contributed by atoms with Crippen LogP contribution < -0.4 is 11.3 Å². The van der Waals surface area contributed by atoms with Gasteiger partial charge in [0.05, 0.1) is 0 Å². The van der Waals surface area contributed by atoms with E-state index in [9.17, 15) is 4.57 Å². The van der Waals surface area contributed by atoms with Crippen LogP contribution in [0.25, 0.3) is 0 Å². The molecule has 0 aromatic heterocycles. The van der Waals surface area contributed by atoms with Gasteiger partial charge in [-0.1, -0.05) is 0 Å². The first-order valence-corrected chi connectivity index (χ1v) is 3.27. The molecule has 0 rings (SSSR count). The summed E-state index contributed by atoms with van der Waals surface area (Å²) < 4.78 is 9.75. The third-order valence-electron chi connectivity index (χ3n) is 0.266. The molecule has 0 aliphatic heterocycles. The van der Waals surface area contributed by atoms with E-state index in [-0.39, 0.29) is 0 Å². The van der Waals surface area contributed by atoms with Crippen molar-refractivity contribution < 1.29 is 14.4 Å². The Balaban J connectivity index is 3.36. The highest BCUT2D eigenvalue weighted by atomic mass is 31.2. The van der Waals surface area contributed by atoms with Crippen LogP contribution in [0.3, 0.4) is 0 Å². The topological polar surface area (TPSA) is 97.7 Å². The van der Waals surface area contributed by atoms with Gasteiger partial charge in [0.25, 0.3) is 0 Å². The zero-order valence-corrected chi connectivity index (χ0v) is 4.38. The van der Waals surface area contributed by atoms with Crippen LogP contribution in [-0.4, -0.2) is 16.1 Å². The van der Waals surface area contributed by atoms with Gasteiger partial charge in [-0.3, -0.25) is 10.4 Å². The van der Waals surface area contributed by atoms with Gasteiger partial charge in [-0.25, -0.2) is 0 Å². The summed E-state index contributed by atoms with van der Waals surface area (Å²) in [6, 6.07) is 0. The molecule has 0 aliphatic rings. The van der Waals surface area contributed by atoms with Gasteiger partial charge in [0.2, 0.25) is 0 Å². The molecule has 0 unspecified atom stereocenters. The van der Waals surface area contributed by atoms with Crippen LogP contribution in [0, 0.1) is 0 Å². The van der Waals surface area contributed by atoms with Crippen LogP contribution in [0.1, 0.15) is 0 Å². The second-order valence-corrected chi connectivity index (χ2v) is 2.60. The smallest absolute Gasteiger partial charge is 0.323 e. The van der Waals surface area contributed by atoms with Gasteiger partial charge in [-0.2, -0.15) is 5.43 Å². The molecule has 0 aromatic carbocycles. The lowest BCUT2D eigenvalue weighted by Crippen LogP contribution is -2.13. The number of rotatable bonds is 2. The molecule has 5 nitrogen and oxygen atoms in total. The first-order chi connectivity index (χ1) is 3.06. The first-order valence-electron chi connectivity index (χ1n) is 1.47. The second kappa shape index (κ2) is 2.40. The van der Waals surface area contributed by atoms with Crippen molar-refractivity contribution in [3.63, 3.8) is 0 Å². The van der Waals surface area contributed by atoms with E-state index in [0.717, 1.165) is 0 Å². The highest BCUT2D eigenvalue weighted by molar-refractivity contribution is 7.51. The number of hydrogen-bond donors (Lipinski definition) is 3. The predicted octanol–water partition coefficient (Wildman–Crippen LogP) is -1.40. The van der Waals surface area contributed by atoms with Crippen LogP contribution >= 0.6 is 7.60 Å². The first kappa shape index (κ1) is 7.07. The van der Waals surface area contributed by atoms with E-state index in [2.05, 4.69) is 11.3 Å². The van der Waals surface area contributed by atoms with Crippen molar-refractivity contribution in [1.82, 2.24) is 5.43 Å². The fourth-order valence-corrected chi connectivity index (χ4v) is 0.319. The molecule has 0 saturated heterocycles. The molecular formula is CH6N2O3P. The SMILES string of the molecule is N[N]CP(=O)(O)O. The largest absolute Gasteiger partial charge is 0.342 e. The summed E-state index contributed by atoms with van der Waals surface area (Å²) in [6.07, 6.45) is -0.590. The van der Waals surface area contributed by atoms with Gasteiger partial charge in [0.1, 0.15) is 6.29 Å². The van der Waals surface area contributed by atoms with Crippen LogP contribution in [0.15, 0.2) is 0 Å². The molecule has 0 atom stereocenters. The van der Waals surface area contributed by atoms with Gasteiger partial charge >= 0.3 is 7.60 Å². The molecule has 0 spiro atoms. The average Bonchev–Trinajstić information content (AvgIpc) is 1.30. The number of nitrogens with zero attached hydrogens (tertiary/aromatic N) is 1. The van der Waals surface area contributed by atoms with Gasteiger partial charge < -0.3 is 9.79 Å². The summed E-state index contributed by atoms with van der Waals surface area (Å²) in [7, 11) is -3.96. The number of nitrogens with two attached hydrogens (primary N) is 1. The van der Waals surface area contributed by atoms with E-state index in [0.29, 0.717) is 0 Å². The van der Waals surface area contributed by atoms with Gasteiger partial charge in [0, 0.05) is 0 Å². The minimum Gasteiger partial charge on any atom is -0.323 e. The predicted molar refractivity (Wildman–Crippen MR) is 23.2 cm³/mol. The van der Waals surface area contributed by atoms with E-state index in [1.807, 2.05) is 0 Å². The Morgan fingerprint density at radius 3 is 2.14 bits per heavy atom. The molecule has 0 aliphatic carbocycles. The lowest BCUT2D eigenvalue weighted by molar-refractivity contribution is 0.368. The Labute approximate surface area is 40.7 Å². The molecular weight excluding hydrogens is 119 g/mol. The van der Waals surface area contributed by atoms with Crippen molar-refractivity contribution in [2.45, 2.75) is 0 Å². The molecule has 0 amide bonds. The summed E-state index contributed by atoms with van der Waals surface area (Å²) in [5.41, 5.74) is 2.74. The number of hydrogen-bond acceptors (Lipinski definition) is 2. The zero-order chi connectivity index (χ0) is 5.91. The minimum atomic E-state index is -3.96. The van der Waals surface area contributed by atoms with Crippen LogP contribution in [0.4, 0.5) is 0 Å². The standard InChI is InChI=1S/CH6N2O3P/c2-3-1-7(4,5)6/h1-2H2,(H2,4,5,6). The third kappa shape index (κ3) is 6.07. The lowest BCUT2D eigenvalue weighted by atomic mass is 11.5. The summed E-state index contributed by atoms with van der Waals surface area (Å²) in [5, 5.41) is 0. The van der Waals surface area contributed by atoms with Crippen molar-refractivity contribution in [3.05, 3.63) is 0 Å². The van der Waals surface area contributed by atoms with Gasteiger partial charge in [-0.15, -0.1) is 0 Å². The summed E-state index contributed by atoms with van der Waals surface area (Å²) >= 11 is 0. The van der Waals surface area contributed by atoms with Gasteiger partial charge in [-0.05, 0) is 0 Å². The molecule has 0 aromatic rings. The van der Waals surface area contributed by atoms with Crippen molar-refractivity contribution >= 4 is 7.60 Å². The Morgan fingerprint density at radius 1 is 1.71 bits per heavy atom. The molecule has 0 fully saturated rings. The van der Waals surface area contributed by atoms with Crippen molar-refractivity contribution in [3.8, 4) is 0 Å². The molecule has 4 N–H and O–H groups in total. The molecule has 0 heterocycles. The fraction of sp³-hybridized carbons (Fsp3) is 1.00. The van der Waals surface area contributed by atoms with E-state index in [4.69, 9.17) is 9.79 Å². The lowest BCUT2D eigenvalue weighted by Gasteiger charge is -1.96. The maximum Gasteiger partial charge on any atom is 0.342 e. The van der Waals surface area contributed by atoms with E-state index in [1.54, 1.807) is 0 Å². The fourth-order valence-electron chi connectivity index (χ4n) is 0.106. The Hall–Kier alpha value is 0.0700. The highest BCUT2D eigenvalue weighted by Crippen LogP contribution is 2.31. The monoisotopic (exact) mass is 125 g/mol. The highest BCUT2D eigenvalue weighted by Gasteiger charge is 2.09. The molecule has 6 heteroatoms. The summed E-state index contributed by atoms with van der Waals surface area (Å²) in [4.78, 5) is 15.9. The van der Waals surface area contributed by atoms with Crippen LogP contribution in [-0.2, 0) is 4.57 Å². The molecule has 7 heavy (non-hydrogen) atoms. The maximum absolute atomic E-state index is 9.75. The van der Waals surface area contributed by atoms with Gasteiger partial charge in [0.15, 0.2) is 0 Å². The van der Waals surface area contributed by atoms with Crippen molar-refractivity contribution in [2.75, 3.05) is 6.29 Å². The quantitative estimate of drug-likeness (QED) is 0.240. The Morgan fingerprint density at radius 2 is 2.14 bits per heavy atom. The Bertz CT molecular complexity index is 86.9. The van der Waals surface area contributed by atoms with E-state index >= 15 is 0 Å². The molecule has 43 valence electrons. The van der Waals surface area contributed by atoms with E-state index < -0.39 is 13.9 Å². The molecule has 0 bridgehead atoms. The van der Waals surface area contributed by atoms with Crippen LogP contribution in [0.2, 0.25) is 0 Å². The van der Waals surface area contributed by atoms with Crippen molar-refractivity contribution in [2.24, 2.45) is 5.84 Å². The average molecular weight is 125 g/mol. The Kier molecular flexibility index (Phi) is 2.42. The summed E-state index contributed by atoms with van der Waals surface area (Å²) in [6.45, 7) is 0. The van der Waals surface area contributed by atoms with Crippen LogP contribution in [0.5, 0.6) is 0 Å². The molecule has 1 radical (unpaired) electrons. The normalized spacial score (nSPS) is 11.9. The maximum atomic E-state index is 9.75. The summed E-state index contributed by atoms with van der Waals surface area (Å²) in [5.74, 6) is 4.45. The van der Waals surface area contributed by atoms with Crippen molar-refractivity contribution in [1.29, 1.82) is 0 Å². The van der Waals surface area contributed by atoms with E-state index in [1.165, 1.54) is 0 Å².